The molecule has 96 valence electrons. The van der Waals surface area contributed by atoms with E-state index in [4.69, 9.17) is 5.11 Å². The van der Waals surface area contributed by atoms with Crippen molar-refractivity contribution in [2.24, 2.45) is 0 Å². The molecule has 1 unspecified atom stereocenters. The van der Waals surface area contributed by atoms with E-state index in [1.165, 1.54) is 0 Å². The summed E-state index contributed by atoms with van der Waals surface area (Å²) in [6.07, 6.45) is 2.38. The summed E-state index contributed by atoms with van der Waals surface area (Å²) >= 11 is 0. The molecule has 0 amide bonds. The van der Waals surface area contributed by atoms with Gasteiger partial charge in [0.25, 0.3) is 0 Å². The average molecular weight is 251 g/mol. The van der Waals surface area contributed by atoms with Gasteiger partial charge >= 0.3 is 5.97 Å². The number of rotatable bonds is 9. The summed E-state index contributed by atoms with van der Waals surface area (Å²) in [5.74, 6) is -0.903. The predicted molar refractivity (Wildman–Crippen MR) is 62.8 cm³/mol. The highest BCUT2D eigenvalue weighted by molar-refractivity contribution is 7.90. The zero-order valence-electron chi connectivity index (χ0n) is 9.90. The van der Waals surface area contributed by atoms with Crippen molar-refractivity contribution in [2.45, 2.75) is 51.2 Å². The standard InChI is InChI=1S/C10H21NO4S/c1-3-6-9(4-2)16(14,15)11-8-5-7-10(12)13/h9,11H,3-8H2,1-2H3,(H,12,13). The van der Waals surface area contributed by atoms with Gasteiger partial charge in [-0.15, -0.1) is 0 Å². The minimum atomic E-state index is -3.28. The van der Waals surface area contributed by atoms with Crippen LogP contribution in [0.1, 0.15) is 46.0 Å². The second-order valence-corrected chi connectivity index (χ2v) is 5.80. The van der Waals surface area contributed by atoms with E-state index in [2.05, 4.69) is 4.72 Å². The van der Waals surface area contributed by atoms with Gasteiger partial charge in [-0.2, -0.15) is 0 Å². The zero-order valence-corrected chi connectivity index (χ0v) is 10.7. The molecule has 0 saturated carbocycles. The van der Waals surface area contributed by atoms with Crippen molar-refractivity contribution in [2.75, 3.05) is 6.54 Å². The maximum absolute atomic E-state index is 11.7. The monoisotopic (exact) mass is 251 g/mol. The average Bonchev–Trinajstić information content (AvgIpc) is 2.20. The Hall–Kier alpha value is -0.620. The summed E-state index contributed by atoms with van der Waals surface area (Å²) in [7, 11) is -3.28. The highest BCUT2D eigenvalue weighted by atomic mass is 32.2. The van der Waals surface area contributed by atoms with E-state index in [0.717, 1.165) is 6.42 Å². The Bertz CT molecular complexity index is 300. The summed E-state index contributed by atoms with van der Waals surface area (Å²) in [5.41, 5.74) is 0. The first-order valence-electron chi connectivity index (χ1n) is 5.64. The first-order chi connectivity index (χ1) is 7.44. The lowest BCUT2D eigenvalue weighted by atomic mass is 10.2. The van der Waals surface area contributed by atoms with E-state index < -0.39 is 16.0 Å². The van der Waals surface area contributed by atoms with Gasteiger partial charge in [0.15, 0.2) is 0 Å². The Morgan fingerprint density at radius 3 is 2.44 bits per heavy atom. The minimum absolute atomic E-state index is 0.00686. The molecule has 0 radical (unpaired) electrons. The normalized spacial score (nSPS) is 13.6. The summed E-state index contributed by atoms with van der Waals surface area (Å²) in [6.45, 7) is 3.99. The van der Waals surface area contributed by atoms with Crippen molar-refractivity contribution < 1.29 is 18.3 Å². The molecule has 5 nitrogen and oxygen atoms in total. The maximum atomic E-state index is 11.7. The third-order valence-electron chi connectivity index (χ3n) is 2.38. The number of carboxylic acid groups (broad SMARTS) is 1. The van der Waals surface area contributed by atoms with Crippen LogP contribution in [0.4, 0.5) is 0 Å². The fourth-order valence-electron chi connectivity index (χ4n) is 1.47. The molecule has 2 N–H and O–H groups in total. The molecule has 0 bridgehead atoms. The van der Waals surface area contributed by atoms with Crippen LogP contribution in [0.2, 0.25) is 0 Å². The lowest BCUT2D eigenvalue weighted by Crippen LogP contribution is -2.34. The second-order valence-electron chi connectivity index (χ2n) is 3.76. The number of hydrogen-bond donors (Lipinski definition) is 2. The van der Waals surface area contributed by atoms with Crippen molar-refractivity contribution in [3.05, 3.63) is 0 Å². The smallest absolute Gasteiger partial charge is 0.303 e. The van der Waals surface area contributed by atoms with Crippen molar-refractivity contribution in [1.82, 2.24) is 4.72 Å². The van der Waals surface area contributed by atoms with Gasteiger partial charge < -0.3 is 5.11 Å². The molecule has 0 aliphatic carbocycles. The van der Waals surface area contributed by atoms with Crippen LogP contribution in [-0.2, 0) is 14.8 Å². The van der Waals surface area contributed by atoms with Crippen LogP contribution in [0.3, 0.4) is 0 Å². The molecule has 0 fully saturated rings. The van der Waals surface area contributed by atoms with Crippen LogP contribution in [0.25, 0.3) is 0 Å². The molecule has 0 aliphatic rings. The molecule has 1 atom stereocenters. The highest BCUT2D eigenvalue weighted by Crippen LogP contribution is 2.11. The van der Waals surface area contributed by atoms with Gasteiger partial charge in [0, 0.05) is 13.0 Å². The van der Waals surface area contributed by atoms with Crippen molar-refractivity contribution >= 4 is 16.0 Å². The second kappa shape index (κ2) is 7.62. The predicted octanol–water partition coefficient (Wildman–Crippen LogP) is 1.35. The van der Waals surface area contributed by atoms with Crippen molar-refractivity contribution in [1.29, 1.82) is 0 Å². The van der Waals surface area contributed by atoms with Gasteiger partial charge in [0.1, 0.15) is 0 Å². The first-order valence-corrected chi connectivity index (χ1v) is 7.19. The van der Waals surface area contributed by atoms with Gasteiger partial charge in [-0.05, 0) is 19.3 Å². The molecule has 0 aliphatic heterocycles. The fourth-order valence-corrected chi connectivity index (χ4v) is 3.12. The van der Waals surface area contributed by atoms with Crippen molar-refractivity contribution in [3.63, 3.8) is 0 Å². The molecular formula is C10H21NO4S. The lowest BCUT2D eigenvalue weighted by molar-refractivity contribution is -0.137. The highest BCUT2D eigenvalue weighted by Gasteiger charge is 2.21. The van der Waals surface area contributed by atoms with Gasteiger partial charge in [0.2, 0.25) is 10.0 Å². The van der Waals surface area contributed by atoms with E-state index in [1.54, 1.807) is 0 Å². The molecule has 0 rings (SSSR count). The Labute approximate surface area is 97.3 Å². The number of carbonyl (C=O) groups is 1. The van der Waals surface area contributed by atoms with Crippen LogP contribution in [0.5, 0.6) is 0 Å². The minimum Gasteiger partial charge on any atom is -0.481 e. The maximum Gasteiger partial charge on any atom is 0.303 e. The Morgan fingerprint density at radius 1 is 1.38 bits per heavy atom. The van der Waals surface area contributed by atoms with Crippen LogP contribution in [-0.4, -0.2) is 31.3 Å². The molecule has 0 saturated heterocycles. The molecule has 0 aromatic rings. The summed E-state index contributed by atoms with van der Waals surface area (Å²) in [6, 6.07) is 0. The number of sulfonamides is 1. The molecule has 6 heteroatoms. The van der Waals surface area contributed by atoms with Crippen LogP contribution in [0, 0.1) is 0 Å². The molecule has 0 heterocycles. The van der Waals surface area contributed by atoms with E-state index in [1.807, 2.05) is 13.8 Å². The number of carboxylic acids is 1. The largest absolute Gasteiger partial charge is 0.481 e. The Morgan fingerprint density at radius 2 is 2.00 bits per heavy atom. The SMILES string of the molecule is CCCC(CC)S(=O)(=O)NCCCC(=O)O. The fraction of sp³-hybridized carbons (Fsp3) is 0.900. The van der Waals surface area contributed by atoms with Gasteiger partial charge in [0.05, 0.1) is 5.25 Å². The van der Waals surface area contributed by atoms with E-state index >= 15 is 0 Å². The third kappa shape index (κ3) is 6.07. The number of hydrogen-bond acceptors (Lipinski definition) is 3. The van der Waals surface area contributed by atoms with Crippen LogP contribution < -0.4 is 4.72 Å². The number of nitrogens with one attached hydrogen (secondary N) is 1. The molecule has 0 aromatic heterocycles. The summed E-state index contributed by atoms with van der Waals surface area (Å²) < 4.78 is 25.9. The molecule has 0 aromatic carbocycles. The van der Waals surface area contributed by atoms with Gasteiger partial charge in [-0.1, -0.05) is 20.3 Å². The molecule has 16 heavy (non-hydrogen) atoms. The zero-order chi connectivity index (χ0) is 12.6. The summed E-state index contributed by atoms with van der Waals surface area (Å²) in [4.78, 5) is 10.2. The Kier molecular flexibility index (Phi) is 7.33. The third-order valence-corrected chi connectivity index (χ3v) is 4.43. The summed E-state index contributed by atoms with van der Waals surface area (Å²) in [5, 5.41) is 8.05. The topological polar surface area (TPSA) is 83.5 Å². The number of aliphatic carboxylic acids is 1. The van der Waals surface area contributed by atoms with Crippen molar-refractivity contribution in [3.8, 4) is 0 Å². The first kappa shape index (κ1) is 15.4. The van der Waals surface area contributed by atoms with E-state index in [0.29, 0.717) is 19.3 Å². The quantitative estimate of drug-likeness (QED) is 0.606. The van der Waals surface area contributed by atoms with Gasteiger partial charge in [-0.25, -0.2) is 13.1 Å². The van der Waals surface area contributed by atoms with E-state index in [-0.39, 0.29) is 18.2 Å². The molecule has 0 spiro atoms. The van der Waals surface area contributed by atoms with Crippen LogP contribution >= 0.6 is 0 Å². The van der Waals surface area contributed by atoms with Crippen LogP contribution in [0.15, 0.2) is 0 Å². The lowest BCUT2D eigenvalue weighted by Gasteiger charge is -2.15. The van der Waals surface area contributed by atoms with E-state index in [9.17, 15) is 13.2 Å². The van der Waals surface area contributed by atoms with Gasteiger partial charge in [-0.3, -0.25) is 4.79 Å². The Balaban J connectivity index is 4.07. The molecular weight excluding hydrogens is 230 g/mol.